The van der Waals surface area contributed by atoms with Crippen molar-refractivity contribution in [2.45, 2.75) is 13.8 Å². The highest BCUT2D eigenvalue weighted by Gasteiger charge is 2.11. The molecule has 7 nitrogen and oxygen atoms in total. The number of nitrogens with zero attached hydrogens (tertiary/aromatic N) is 3. The maximum Gasteiger partial charge on any atom is 0.344 e. The van der Waals surface area contributed by atoms with Crippen LogP contribution in [0, 0.1) is 6.92 Å². The number of benzene rings is 3. The molecule has 0 aliphatic rings. The van der Waals surface area contributed by atoms with Crippen LogP contribution in [-0.4, -0.2) is 35.1 Å². The minimum Gasteiger partial charge on any atom is -0.481 e. The van der Waals surface area contributed by atoms with E-state index in [-0.39, 0.29) is 18.8 Å². The van der Waals surface area contributed by atoms with Crippen molar-refractivity contribution in [3.63, 3.8) is 0 Å². The molecule has 0 aliphatic carbocycles. The van der Waals surface area contributed by atoms with Crippen molar-refractivity contribution >= 4 is 33.9 Å². The number of carbonyl (C=O) groups is 1. The van der Waals surface area contributed by atoms with E-state index < -0.39 is 5.97 Å². The molecule has 3 aromatic carbocycles. The number of hydrogen-bond donors (Lipinski definition) is 0. The summed E-state index contributed by atoms with van der Waals surface area (Å²) in [7, 11) is 0. The van der Waals surface area contributed by atoms with Crippen molar-refractivity contribution < 1.29 is 14.3 Å². The van der Waals surface area contributed by atoms with E-state index in [9.17, 15) is 9.59 Å². The van der Waals surface area contributed by atoms with Gasteiger partial charge in [0.05, 0.1) is 23.7 Å². The molecule has 0 saturated heterocycles. The van der Waals surface area contributed by atoms with Crippen molar-refractivity contribution in [1.82, 2.24) is 9.66 Å². The minimum absolute atomic E-state index is 0.219. The zero-order valence-electron chi connectivity index (χ0n) is 17.2. The average Bonchev–Trinajstić information content (AvgIpc) is 2.78. The van der Waals surface area contributed by atoms with E-state index in [2.05, 4.69) is 10.1 Å². The maximum atomic E-state index is 12.9. The smallest absolute Gasteiger partial charge is 0.344 e. The molecular weight excluding hydrogens is 394 g/mol. The Balaban J connectivity index is 1.79. The first-order valence-electron chi connectivity index (χ1n) is 9.91. The Morgan fingerprint density at radius 3 is 2.61 bits per heavy atom. The molecule has 31 heavy (non-hydrogen) atoms. The Morgan fingerprint density at radius 1 is 1.06 bits per heavy atom. The molecule has 7 heteroatoms. The first-order chi connectivity index (χ1) is 15.1. The number of rotatable bonds is 6. The van der Waals surface area contributed by atoms with E-state index >= 15 is 0 Å². The molecule has 0 amide bonds. The quantitative estimate of drug-likeness (QED) is 0.354. The number of aryl methyl sites for hydroxylation is 1. The van der Waals surface area contributed by atoms with Crippen LogP contribution in [0.5, 0.6) is 5.75 Å². The first-order valence-corrected chi connectivity index (χ1v) is 9.91. The number of para-hydroxylation sites is 1. The first kappa shape index (κ1) is 20.3. The number of fused-ring (bicyclic) bond motifs is 2. The van der Waals surface area contributed by atoms with Crippen LogP contribution in [0.2, 0.25) is 0 Å². The van der Waals surface area contributed by atoms with Gasteiger partial charge in [-0.15, -0.1) is 0 Å². The predicted octanol–water partition coefficient (Wildman–Crippen LogP) is 3.68. The zero-order valence-corrected chi connectivity index (χ0v) is 17.2. The van der Waals surface area contributed by atoms with Gasteiger partial charge in [0, 0.05) is 5.56 Å². The fourth-order valence-corrected chi connectivity index (χ4v) is 3.36. The van der Waals surface area contributed by atoms with E-state index in [0.29, 0.717) is 28.0 Å². The highest BCUT2D eigenvalue weighted by Crippen LogP contribution is 2.27. The van der Waals surface area contributed by atoms with Crippen LogP contribution < -0.4 is 10.3 Å². The molecule has 0 radical (unpaired) electrons. The van der Waals surface area contributed by atoms with Gasteiger partial charge in [-0.1, -0.05) is 42.5 Å². The third-order valence-corrected chi connectivity index (χ3v) is 4.80. The summed E-state index contributed by atoms with van der Waals surface area (Å²) in [6.07, 6.45) is 1.56. The lowest BCUT2D eigenvalue weighted by molar-refractivity contribution is -0.145. The Bertz CT molecular complexity index is 1360. The number of aromatic nitrogens is 2. The molecule has 0 unspecified atom stereocenters. The fourth-order valence-electron chi connectivity index (χ4n) is 3.36. The number of hydrogen-bond acceptors (Lipinski definition) is 6. The maximum absolute atomic E-state index is 12.9. The lowest BCUT2D eigenvalue weighted by Crippen LogP contribution is -2.20. The highest BCUT2D eigenvalue weighted by atomic mass is 16.6. The highest BCUT2D eigenvalue weighted by molar-refractivity contribution is 6.02. The van der Waals surface area contributed by atoms with Crippen LogP contribution in [0.1, 0.15) is 18.3 Å². The number of esters is 1. The molecular formula is C24H21N3O4. The van der Waals surface area contributed by atoms with E-state index in [4.69, 9.17) is 9.47 Å². The number of ether oxygens (including phenoxy) is 2. The molecule has 0 aliphatic heterocycles. The second-order valence-corrected chi connectivity index (χ2v) is 6.83. The van der Waals surface area contributed by atoms with Crippen molar-refractivity contribution in [1.29, 1.82) is 0 Å². The van der Waals surface area contributed by atoms with Crippen molar-refractivity contribution in [2.24, 2.45) is 5.10 Å². The lowest BCUT2D eigenvalue weighted by Gasteiger charge is -2.12. The van der Waals surface area contributed by atoms with Gasteiger partial charge in [0.1, 0.15) is 11.6 Å². The normalized spacial score (nSPS) is 11.3. The summed E-state index contributed by atoms with van der Waals surface area (Å²) >= 11 is 0. The van der Waals surface area contributed by atoms with Crippen LogP contribution in [-0.2, 0) is 9.53 Å². The second kappa shape index (κ2) is 8.79. The van der Waals surface area contributed by atoms with Gasteiger partial charge >= 0.3 is 5.97 Å². The molecule has 156 valence electrons. The van der Waals surface area contributed by atoms with E-state index in [1.165, 1.54) is 4.68 Å². The van der Waals surface area contributed by atoms with Crippen LogP contribution >= 0.6 is 0 Å². The van der Waals surface area contributed by atoms with Crippen LogP contribution in [0.25, 0.3) is 21.7 Å². The molecule has 4 rings (SSSR count). The second-order valence-electron chi connectivity index (χ2n) is 6.83. The minimum atomic E-state index is -0.454. The van der Waals surface area contributed by atoms with Crippen LogP contribution in [0.4, 0.5) is 0 Å². The molecule has 0 N–H and O–H groups in total. The van der Waals surface area contributed by atoms with Gasteiger partial charge in [0.15, 0.2) is 6.61 Å². The Morgan fingerprint density at radius 2 is 1.81 bits per heavy atom. The molecule has 1 aromatic heterocycles. The monoisotopic (exact) mass is 415 g/mol. The van der Waals surface area contributed by atoms with Gasteiger partial charge in [0.25, 0.3) is 5.56 Å². The summed E-state index contributed by atoms with van der Waals surface area (Å²) in [4.78, 5) is 29.1. The van der Waals surface area contributed by atoms with Crippen LogP contribution in [0.15, 0.2) is 70.6 Å². The third-order valence-electron chi connectivity index (χ3n) is 4.80. The SMILES string of the molecule is CCOC(=O)COc1ccc2ccccc2c1C=Nn1c(C)nc2ccccc2c1=O. The van der Waals surface area contributed by atoms with E-state index in [1.807, 2.05) is 36.4 Å². The summed E-state index contributed by atoms with van der Waals surface area (Å²) < 4.78 is 11.9. The van der Waals surface area contributed by atoms with Gasteiger partial charge < -0.3 is 9.47 Å². The molecule has 0 fully saturated rings. The molecule has 0 bridgehead atoms. The van der Waals surface area contributed by atoms with Gasteiger partial charge in [-0.25, -0.2) is 9.78 Å². The Hall–Kier alpha value is -4.00. The topological polar surface area (TPSA) is 82.8 Å². The van der Waals surface area contributed by atoms with Crippen LogP contribution in [0.3, 0.4) is 0 Å². The fraction of sp³-hybridized carbons (Fsp3) is 0.167. The van der Waals surface area contributed by atoms with Gasteiger partial charge in [-0.2, -0.15) is 9.78 Å². The Kier molecular flexibility index (Phi) is 5.75. The van der Waals surface area contributed by atoms with Crippen molar-refractivity contribution in [3.05, 3.63) is 82.4 Å². The summed E-state index contributed by atoms with van der Waals surface area (Å²) in [5.41, 5.74) is 1.02. The van der Waals surface area contributed by atoms with E-state index in [1.54, 1.807) is 44.3 Å². The lowest BCUT2D eigenvalue weighted by atomic mass is 10.0. The van der Waals surface area contributed by atoms with E-state index in [0.717, 1.165) is 10.8 Å². The molecule has 1 heterocycles. The van der Waals surface area contributed by atoms with Gasteiger partial charge in [0.2, 0.25) is 0 Å². The third kappa shape index (κ3) is 4.16. The molecule has 0 saturated carbocycles. The summed E-state index contributed by atoms with van der Waals surface area (Å²) in [6.45, 7) is 3.53. The summed E-state index contributed by atoms with van der Waals surface area (Å²) in [5.74, 6) is 0.480. The molecule has 0 atom stereocenters. The van der Waals surface area contributed by atoms with Gasteiger partial charge in [-0.3, -0.25) is 4.79 Å². The summed E-state index contributed by atoms with van der Waals surface area (Å²) in [5, 5.41) is 6.77. The van der Waals surface area contributed by atoms with Crippen molar-refractivity contribution in [3.8, 4) is 5.75 Å². The summed E-state index contributed by atoms with van der Waals surface area (Å²) in [6, 6.07) is 18.6. The molecule has 0 spiro atoms. The van der Waals surface area contributed by atoms with Gasteiger partial charge in [-0.05, 0) is 42.8 Å². The predicted molar refractivity (Wildman–Crippen MR) is 120 cm³/mol. The molecule has 4 aromatic rings. The standard InChI is InChI=1S/C24H21N3O4/c1-3-30-23(28)15-31-22-13-12-17-8-4-5-9-18(17)20(22)14-25-27-16(2)26-21-11-7-6-10-19(21)24(27)29/h4-14H,3,15H2,1-2H3. The zero-order chi connectivity index (χ0) is 21.8. The largest absolute Gasteiger partial charge is 0.481 e. The average molecular weight is 415 g/mol. The van der Waals surface area contributed by atoms with Crippen molar-refractivity contribution in [2.75, 3.05) is 13.2 Å². The number of carbonyl (C=O) groups excluding carboxylic acids is 1. The Labute approximate surface area is 178 Å².